The Hall–Kier alpha value is -0.680. The molecule has 20 heavy (non-hydrogen) atoms. The molecule has 0 aromatic rings. The van der Waals surface area contributed by atoms with Gasteiger partial charge in [0.25, 0.3) is 0 Å². The number of fused-ring (bicyclic) bond motifs is 1. The van der Waals surface area contributed by atoms with Gasteiger partial charge in [-0.3, -0.25) is 4.79 Å². The van der Waals surface area contributed by atoms with Gasteiger partial charge in [0.15, 0.2) is 0 Å². The van der Waals surface area contributed by atoms with Gasteiger partial charge in [-0.1, -0.05) is 25.1 Å². The van der Waals surface area contributed by atoms with E-state index < -0.39 is 5.54 Å². The van der Waals surface area contributed by atoms with Crippen LogP contribution in [0.4, 0.5) is 0 Å². The summed E-state index contributed by atoms with van der Waals surface area (Å²) in [6.07, 6.45) is 6.71. The number of nitrogens with one attached hydrogen (secondary N) is 1. The first-order valence-electron chi connectivity index (χ1n) is 7.84. The maximum Gasteiger partial charge on any atom is 0.224 e. The molecule has 4 nitrogen and oxygen atoms in total. The van der Waals surface area contributed by atoms with Gasteiger partial charge in [-0.15, -0.1) is 0 Å². The second-order valence-electron chi connectivity index (χ2n) is 6.88. The van der Waals surface area contributed by atoms with Crippen LogP contribution in [0.15, 0.2) is 0 Å². The van der Waals surface area contributed by atoms with Crippen LogP contribution in [0.3, 0.4) is 0 Å². The lowest BCUT2D eigenvalue weighted by molar-refractivity contribution is -0.124. The number of carbonyl (C=O) groups excluding carboxylic acids is 1. The lowest BCUT2D eigenvalue weighted by Crippen LogP contribution is -2.61. The summed E-state index contributed by atoms with van der Waals surface area (Å²) in [5, 5.41) is 3.24. The average Bonchev–Trinajstić information content (AvgIpc) is 3.15. The van der Waals surface area contributed by atoms with E-state index in [-0.39, 0.29) is 11.8 Å². The second-order valence-corrected chi connectivity index (χ2v) is 7.32. The van der Waals surface area contributed by atoms with Crippen molar-refractivity contribution >= 4 is 23.1 Å². The van der Waals surface area contributed by atoms with Crippen molar-refractivity contribution in [2.45, 2.75) is 44.1 Å². The van der Waals surface area contributed by atoms with E-state index in [1.54, 1.807) is 0 Å². The first-order valence-corrected chi connectivity index (χ1v) is 8.25. The molecule has 0 aromatic heterocycles. The third-order valence-corrected chi connectivity index (χ3v) is 6.02. The highest BCUT2D eigenvalue weighted by molar-refractivity contribution is 7.80. The number of likely N-dealkylation sites (tertiary alicyclic amines) is 1. The molecule has 0 spiro atoms. The Morgan fingerprint density at radius 2 is 1.80 bits per heavy atom. The number of hydrogen-bond donors (Lipinski definition) is 2. The summed E-state index contributed by atoms with van der Waals surface area (Å²) in [6, 6.07) is 0. The van der Waals surface area contributed by atoms with E-state index in [9.17, 15) is 4.79 Å². The van der Waals surface area contributed by atoms with Crippen molar-refractivity contribution in [3.05, 3.63) is 0 Å². The molecule has 2 atom stereocenters. The van der Waals surface area contributed by atoms with Gasteiger partial charge in [0.1, 0.15) is 0 Å². The minimum atomic E-state index is -0.440. The SMILES string of the molecule is CN1CCC(NC(=O)C2C3CCCCC32)(C(N)=S)CC1. The summed E-state index contributed by atoms with van der Waals surface area (Å²) < 4.78 is 0. The van der Waals surface area contributed by atoms with Gasteiger partial charge in [-0.25, -0.2) is 0 Å². The van der Waals surface area contributed by atoms with Crippen molar-refractivity contribution in [2.24, 2.45) is 23.5 Å². The summed E-state index contributed by atoms with van der Waals surface area (Å²) in [5.41, 5.74) is 5.52. The molecule has 0 bridgehead atoms. The van der Waals surface area contributed by atoms with Crippen molar-refractivity contribution in [1.29, 1.82) is 0 Å². The summed E-state index contributed by atoms with van der Waals surface area (Å²) in [7, 11) is 2.10. The number of rotatable bonds is 3. The van der Waals surface area contributed by atoms with Gasteiger partial charge in [0, 0.05) is 19.0 Å². The molecule has 2 unspecified atom stereocenters. The number of hydrogen-bond acceptors (Lipinski definition) is 3. The van der Waals surface area contributed by atoms with E-state index in [1.165, 1.54) is 25.7 Å². The molecule has 3 fully saturated rings. The van der Waals surface area contributed by atoms with Crippen LogP contribution in [0, 0.1) is 17.8 Å². The Morgan fingerprint density at radius 1 is 1.25 bits per heavy atom. The molecule has 3 N–H and O–H groups in total. The number of nitrogens with zero attached hydrogens (tertiary/aromatic N) is 1. The first-order chi connectivity index (χ1) is 9.53. The van der Waals surface area contributed by atoms with Crippen LogP contribution < -0.4 is 11.1 Å². The fraction of sp³-hybridized carbons (Fsp3) is 0.867. The van der Waals surface area contributed by atoms with E-state index in [0.717, 1.165) is 25.9 Å². The van der Waals surface area contributed by atoms with Crippen LogP contribution in [-0.4, -0.2) is 41.5 Å². The number of thiocarbonyl (C=S) groups is 1. The predicted molar refractivity (Wildman–Crippen MR) is 83.3 cm³/mol. The Balaban J connectivity index is 1.65. The maximum atomic E-state index is 12.6. The van der Waals surface area contributed by atoms with Crippen molar-refractivity contribution in [3.8, 4) is 0 Å². The molecule has 3 rings (SSSR count). The molecule has 0 radical (unpaired) electrons. The molecular weight excluding hydrogens is 270 g/mol. The Labute approximate surface area is 126 Å². The summed E-state index contributed by atoms with van der Waals surface area (Å²) in [6.45, 7) is 1.88. The topological polar surface area (TPSA) is 58.4 Å². The lowest BCUT2D eigenvalue weighted by Gasteiger charge is -2.40. The molecule has 112 valence electrons. The van der Waals surface area contributed by atoms with Gasteiger partial charge in [-0.2, -0.15) is 0 Å². The van der Waals surface area contributed by atoms with E-state index in [0.29, 0.717) is 16.8 Å². The Morgan fingerprint density at radius 3 is 2.30 bits per heavy atom. The standard InChI is InChI=1S/C15H25N3OS/c1-18-8-6-15(7-9-18,14(16)20)17-13(19)12-10-4-2-3-5-11(10)12/h10-12H,2-9H2,1H3,(H2,16,20)(H,17,19). The molecule has 2 saturated carbocycles. The van der Waals surface area contributed by atoms with Gasteiger partial charge >= 0.3 is 0 Å². The second kappa shape index (κ2) is 5.26. The molecule has 3 aliphatic rings. The monoisotopic (exact) mass is 295 g/mol. The molecule has 1 saturated heterocycles. The highest BCUT2D eigenvalue weighted by atomic mass is 32.1. The van der Waals surface area contributed by atoms with Gasteiger partial charge in [-0.05, 0) is 44.6 Å². The first kappa shape index (κ1) is 14.3. The fourth-order valence-electron chi connectivity index (χ4n) is 4.13. The Bertz CT molecular complexity index is 405. The zero-order valence-corrected chi connectivity index (χ0v) is 13.0. The normalized spacial score (nSPS) is 36.0. The smallest absolute Gasteiger partial charge is 0.224 e. The fourth-order valence-corrected chi connectivity index (χ4v) is 4.39. The van der Waals surface area contributed by atoms with Crippen LogP contribution in [0.2, 0.25) is 0 Å². The number of carbonyl (C=O) groups is 1. The predicted octanol–water partition coefficient (Wildman–Crippen LogP) is 1.29. The largest absolute Gasteiger partial charge is 0.391 e. The molecule has 0 aromatic carbocycles. The summed E-state index contributed by atoms with van der Waals surface area (Å²) in [4.78, 5) is 15.3. The molecule has 2 aliphatic carbocycles. The van der Waals surface area contributed by atoms with E-state index in [2.05, 4.69) is 17.3 Å². The average molecular weight is 295 g/mol. The molecule has 1 aliphatic heterocycles. The third-order valence-electron chi connectivity index (χ3n) is 5.63. The lowest BCUT2D eigenvalue weighted by atomic mass is 9.87. The Kier molecular flexibility index (Phi) is 3.75. The quantitative estimate of drug-likeness (QED) is 0.770. The highest BCUT2D eigenvalue weighted by Crippen LogP contribution is 2.55. The number of amides is 1. The van der Waals surface area contributed by atoms with Crippen molar-refractivity contribution in [2.75, 3.05) is 20.1 Å². The van der Waals surface area contributed by atoms with Gasteiger partial charge in [0.05, 0.1) is 10.5 Å². The van der Waals surface area contributed by atoms with Crippen LogP contribution >= 0.6 is 12.2 Å². The van der Waals surface area contributed by atoms with E-state index in [1.807, 2.05) is 0 Å². The molecular formula is C15H25N3OS. The van der Waals surface area contributed by atoms with Crippen molar-refractivity contribution in [1.82, 2.24) is 10.2 Å². The zero-order valence-electron chi connectivity index (χ0n) is 12.2. The van der Waals surface area contributed by atoms with Crippen molar-refractivity contribution in [3.63, 3.8) is 0 Å². The van der Waals surface area contributed by atoms with Gasteiger partial charge in [0.2, 0.25) is 5.91 Å². The minimum Gasteiger partial charge on any atom is -0.391 e. The van der Waals surface area contributed by atoms with Gasteiger partial charge < -0.3 is 16.0 Å². The highest BCUT2D eigenvalue weighted by Gasteiger charge is 2.56. The van der Waals surface area contributed by atoms with Crippen LogP contribution in [0.1, 0.15) is 38.5 Å². The molecule has 1 amide bonds. The van der Waals surface area contributed by atoms with Crippen molar-refractivity contribution < 1.29 is 4.79 Å². The van der Waals surface area contributed by atoms with E-state index in [4.69, 9.17) is 18.0 Å². The van der Waals surface area contributed by atoms with Crippen LogP contribution in [0.5, 0.6) is 0 Å². The zero-order chi connectivity index (χ0) is 14.3. The number of nitrogens with two attached hydrogens (primary N) is 1. The minimum absolute atomic E-state index is 0.208. The summed E-state index contributed by atoms with van der Waals surface area (Å²) >= 11 is 5.26. The van der Waals surface area contributed by atoms with Crippen LogP contribution in [-0.2, 0) is 4.79 Å². The summed E-state index contributed by atoms with van der Waals surface area (Å²) in [5.74, 6) is 1.72. The molecule has 1 heterocycles. The van der Waals surface area contributed by atoms with Crippen LogP contribution in [0.25, 0.3) is 0 Å². The van der Waals surface area contributed by atoms with E-state index >= 15 is 0 Å². The maximum absolute atomic E-state index is 12.6. The third kappa shape index (κ3) is 2.46. The molecule has 5 heteroatoms. The number of piperidine rings is 1.